The molecule has 1 saturated heterocycles. The van der Waals surface area contributed by atoms with Crippen molar-refractivity contribution in [3.63, 3.8) is 0 Å². The van der Waals surface area contributed by atoms with Gasteiger partial charge in [0.05, 0.1) is 12.5 Å². The molecular weight excluding hydrogens is 288 g/mol. The van der Waals surface area contributed by atoms with Crippen LogP contribution in [0.2, 0.25) is 0 Å². The third kappa shape index (κ3) is 1.78. The normalized spacial score (nSPS) is 54.4. The molecule has 5 rings (SSSR count). The number of hydrogen-bond acceptors (Lipinski definition) is 3. The van der Waals surface area contributed by atoms with Crippen LogP contribution < -0.4 is 0 Å². The van der Waals surface area contributed by atoms with Gasteiger partial charge in [0.2, 0.25) is 0 Å². The van der Waals surface area contributed by atoms with Crippen molar-refractivity contribution in [1.82, 2.24) is 0 Å². The van der Waals surface area contributed by atoms with Gasteiger partial charge in [-0.1, -0.05) is 18.6 Å². The van der Waals surface area contributed by atoms with Gasteiger partial charge in [0.1, 0.15) is 6.10 Å². The lowest BCUT2D eigenvalue weighted by Crippen LogP contribution is -2.51. The third-order valence-corrected chi connectivity index (χ3v) is 8.46. The Labute approximate surface area is 138 Å². The quantitative estimate of drug-likeness (QED) is 0.548. The topological polar surface area (TPSA) is 46.5 Å². The van der Waals surface area contributed by atoms with Gasteiger partial charge in [-0.2, -0.15) is 0 Å². The Morgan fingerprint density at radius 1 is 1.17 bits per heavy atom. The van der Waals surface area contributed by atoms with Crippen molar-refractivity contribution in [1.29, 1.82) is 0 Å². The van der Waals surface area contributed by atoms with Crippen molar-refractivity contribution >= 4 is 5.97 Å². The maximum atomic E-state index is 11.9. The fourth-order valence-electron chi connectivity index (χ4n) is 7.38. The van der Waals surface area contributed by atoms with E-state index in [1.807, 2.05) is 0 Å². The first-order valence-corrected chi connectivity index (χ1v) is 9.60. The SMILES string of the molecule is C[C@]12CC[C@H](O)CC1=CCC1C3CC[C@@H]4OC(=O)C[C@]34CCC12. The van der Waals surface area contributed by atoms with Crippen LogP contribution in [0.15, 0.2) is 11.6 Å². The van der Waals surface area contributed by atoms with E-state index >= 15 is 0 Å². The Morgan fingerprint density at radius 3 is 2.91 bits per heavy atom. The smallest absolute Gasteiger partial charge is 0.306 e. The Balaban J connectivity index is 1.50. The Kier molecular flexibility index (Phi) is 2.92. The zero-order chi connectivity index (χ0) is 15.8. The lowest BCUT2D eigenvalue weighted by atomic mass is 9.47. The van der Waals surface area contributed by atoms with Crippen molar-refractivity contribution in [3.05, 3.63) is 11.6 Å². The highest BCUT2D eigenvalue weighted by atomic mass is 16.6. The number of carbonyl (C=O) groups excluding carboxylic acids is 1. The van der Waals surface area contributed by atoms with E-state index in [-0.39, 0.29) is 23.6 Å². The summed E-state index contributed by atoms with van der Waals surface area (Å²) in [5.74, 6) is 2.21. The highest BCUT2D eigenvalue weighted by Crippen LogP contribution is 2.67. The van der Waals surface area contributed by atoms with Gasteiger partial charge in [0, 0.05) is 5.41 Å². The molecule has 3 nitrogen and oxygen atoms in total. The minimum absolute atomic E-state index is 0.0530. The van der Waals surface area contributed by atoms with Crippen LogP contribution in [-0.2, 0) is 9.53 Å². The van der Waals surface area contributed by atoms with Gasteiger partial charge in [-0.25, -0.2) is 0 Å². The molecule has 1 spiro atoms. The molecule has 1 aliphatic heterocycles. The predicted molar refractivity (Wildman–Crippen MR) is 86.5 cm³/mol. The molecule has 5 aliphatic rings. The lowest BCUT2D eigenvalue weighted by molar-refractivity contribution is -0.141. The Bertz CT molecular complexity index is 581. The van der Waals surface area contributed by atoms with Crippen molar-refractivity contribution in [2.24, 2.45) is 28.6 Å². The van der Waals surface area contributed by atoms with Crippen LogP contribution in [0.3, 0.4) is 0 Å². The highest BCUT2D eigenvalue weighted by Gasteiger charge is 2.64. The largest absolute Gasteiger partial charge is 0.462 e. The molecule has 1 heterocycles. The van der Waals surface area contributed by atoms with Crippen LogP contribution in [0.4, 0.5) is 0 Å². The number of fused-ring (bicyclic) bond motifs is 4. The summed E-state index contributed by atoms with van der Waals surface area (Å²) >= 11 is 0. The number of rotatable bonds is 0. The second-order valence-corrected chi connectivity index (χ2v) is 9.16. The summed E-state index contributed by atoms with van der Waals surface area (Å²) < 4.78 is 5.68. The molecule has 0 aromatic heterocycles. The molecule has 1 N–H and O–H groups in total. The van der Waals surface area contributed by atoms with Crippen LogP contribution in [-0.4, -0.2) is 23.3 Å². The minimum atomic E-state index is -0.127. The standard InChI is InChI=1S/C20H28O3/c1-19-8-6-13(21)10-12(19)2-3-14-15(19)7-9-20-11-18(22)23-17(20)5-4-16(14)20/h2,13-17,21H,3-11H2,1H3/t13-,14?,15?,16?,17-,19-,20+/m0/s1. The number of aliphatic hydroxyl groups is 1. The molecule has 126 valence electrons. The van der Waals surface area contributed by atoms with Crippen LogP contribution >= 0.6 is 0 Å². The summed E-state index contributed by atoms with van der Waals surface area (Å²) in [7, 11) is 0. The molecule has 7 atom stereocenters. The average Bonchev–Trinajstić information content (AvgIpc) is 3.00. The molecule has 3 saturated carbocycles. The maximum Gasteiger partial charge on any atom is 0.306 e. The van der Waals surface area contributed by atoms with Gasteiger partial charge >= 0.3 is 5.97 Å². The first kappa shape index (κ1) is 14.5. The van der Waals surface area contributed by atoms with E-state index in [9.17, 15) is 9.90 Å². The number of aliphatic hydroxyl groups excluding tert-OH is 1. The molecule has 0 bridgehead atoms. The van der Waals surface area contributed by atoms with Crippen molar-refractivity contribution in [3.8, 4) is 0 Å². The summed E-state index contributed by atoms with van der Waals surface area (Å²) in [5, 5.41) is 10.1. The van der Waals surface area contributed by atoms with Crippen molar-refractivity contribution in [2.45, 2.75) is 76.9 Å². The summed E-state index contributed by atoms with van der Waals surface area (Å²) in [4.78, 5) is 11.9. The minimum Gasteiger partial charge on any atom is -0.462 e. The number of carbonyl (C=O) groups is 1. The molecule has 4 fully saturated rings. The van der Waals surface area contributed by atoms with Crippen LogP contribution in [0.5, 0.6) is 0 Å². The summed E-state index contributed by atoms with van der Waals surface area (Å²) in [5.41, 5.74) is 2.00. The molecule has 0 aromatic carbocycles. The van der Waals surface area contributed by atoms with Gasteiger partial charge in [0.15, 0.2) is 0 Å². The average molecular weight is 316 g/mol. The van der Waals surface area contributed by atoms with Crippen LogP contribution in [0.25, 0.3) is 0 Å². The van der Waals surface area contributed by atoms with E-state index in [1.165, 1.54) is 24.8 Å². The van der Waals surface area contributed by atoms with Gasteiger partial charge in [-0.3, -0.25) is 4.79 Å². The van der Waals surface area contributed by atoms with E-state index < -0.39 is 0 Å². The number of esters is 1. The zero-order valence-electron chi connectivity index (χ0n) is 14.1. The first-order valence-electron chi connectivity index (χ1n) is 9.60. The molecular formula is C20H28O3. The van der Waals surface area contributed by atoms with Gasteiger partial charge < -0.3 is 9.84 Å². The third-order valence-electron chi connectivity index (χ3n) is 8.46. The van der Waals surface area contributed by atoms with E-state index in [0.29, 0.717) is 17.8 Å². The molecule has 0 amide bonds. The first-order chi connectivity index (χ1) is 11.0. The van der Waals surface area contributed by atoms with Gasteiger partial charge in [-0.05, 0) is 74.5 Å². The highest BCUT2D eigenvalue weighted by molar-refractivity contribution is 5.73. The van der Waals surface area contributed by atoms with Crippen molar-refractivity contribution < 1.29 is 14.6 Å². The Morgan fingerprint density at radius 2 is 2.04 bits per heavy atom. The molecule has 4 aliphatic carbocycles. The molecule has 0 aromatic rings. The van der Waals surface area contributed by atoms with E-state index in [1.54, 1.807) is 0 Å². The van der Waals surface area contributed by atoms with Gasteiger partial charge in [-0.15, -0.1) is 0 Å². The fourth-order valence-corrected chi connectivity index (χ4v) is 7.38. The van der Waals surface area contributed by atoms with Crippen LogP contribution in [0, 0.1) is 28.6 Å². The fraction of sp³-hybridized carbons (Fsp3) is 0.850. The molecule has 3 unspecified atom stereocenters. The summed E-state index contributed by atoms with van der Waals surface area (Å²) in [6, 6.07) is 0. The number of hydrogen-bond donors (Lipinski definition) is 1. The maximum absolute atomic E-state index is 11.9. The van der Waals surface area contributed by atoms with Crippen LogP contribution in [0.1, 0.15) is 64.7 Å². The Hall–Kier alpha value is -0.830. The summed E-state index contributed by atoms with van der Waals surface area (Å²) in [6.07, 6.45) is 12.1. The second-order valence-electron chi connectivity index (χ2n) is 9.16. The predicted octanol–water partition coefficient (Wildman–Crippen LogP) is 3.61. The number of ether oxygens (including phenoxy) is 1. The zero-order valence-corrected chi connectivity index (χ0v) is 14.1. The second kappa shape index (κ2) is 4.62. The lowest BCUT2D eigenvalue weighted by Gasteiger charge is -2.57. The van der Waals surface area contributed by atoms with E-state index in [4.69, 9.17) is 4.74 Å². The number of allylic oxidation sites excluding steroid dienone is 1. The van der Waals surface area contributed by atoms with Crippen molar-refractivity contribution in [2.75, 3.05) is 0 Å². The van der Waals surface area contributed by atoms with E-state index in [2.05, 4.69) is 13.0 Å². The summed E-state index contributed by atoms with van der Waals surface area (Å²) in [6.45, 7) is 2.46. The molecule has 0 radical (unpaired) electrons. The van der Waals surface area contributed by atoms with Gasteiger partial charge in [0.25, 0.3) is 0 Å². The molecule has 3 heteroatoms. The monoisotopic (exact) mass is 316 g/mol. The molecule has 23 heavy (non-hydrogen) atoms. The van der Waals surface area contributed by atoms with E-state index in [0.717, 1.165) is 43.9 Å².